The fourth-order valence-corrected chi connectivity index (χ4v) is 2.59. The van der Waals surface area contributed by atoms with Crippen molar-refractivity contribution in [1.29, 1.82) is 0 Å². The Balaban J connectivity index is 2.13. The average molecular weight is 265 g/mol. The minimum absolute atomic E-state index is 0.0627. The topological polar surface area (TPSA) is 81.0 Å². The monoisotopic (exact) mass is 265 g/mol. The highest BCUT2D eigenvalue weighted by Crippen LogP contribution is 2.28. The van der Waals surface area contributed by atoms with E-state index in [1.165, 1.54) is 18.2 Å². The number of hydrogen-bond donors (Lipinski definition) is 3. The second-order valence-electron chi connectivity index (χ2n) is 4.86. The van der Waals surface area contributed by atoms with Gasteiger partial charge in [0.05, 0.1) is 5.56 Å². The maximum absolute atomic E-state index is 12.4. The summed E-state index contributed by atoms with van der Waals surface area (Å²) in [5.74, 6) is -0.469. The second kappa shape index (κ2) is 5.93. The third kappa shape index (κ3) is 2.98. The Bertz CT molecular complexity index is 461. The molecule has 0 aliphatic carbocycles. The highest BCUT2D eigenvalue weighted by molar-refractivity contribution is 5.97. The molecule has 1 saturated heterocycles. The smallest absolute Gasteiger partial charge is 0.257 e. The standard InChI is InChI=1S/C14H19NO4/c16-8-2-4-10-3-1-7-15(10)14(19)12-6-5-11(17)9-13(12)18/h5-6,9-10,16-18H,1-4,7-8H2. The van der Waals surface area contributed by atoms with Crippen molar-refractivity contribution in [2.75, 3.05) is 13.2 Å². The quantitative estimate of drug-likeness (QED) is 0.770. The summed E-state index contributed by atoms with van der Waals surface area (Å²) in [6, 6.07) is 4.14. The summed E-state index contributed by atoms with van der Waals surface area (Å²) in [6.07, 6.45) is 3.34. The van der Waals surface area contributed by atoms with Gasteiger partial charge in [0, 0.05) is 25.3 Å². The summed E-state index contributed by atoms with van der Waals surface area (Å²) >= 11 is 0. The molecule has 1 aliphatic heterocycles. The minimum atomic E-state index is -0.210. The second-order valence-corrected chi connectivity index (χ2v) is 4.86. The first-order valence-corrected chi connectivity index (χ1v) is 6.57. The molecule has 1 heterocycles. The number of amides is 1. The summed E-state index contributed by atoms with van der Waals surface area (Å²) in [6.45, 7) is 0.804. The third-order valence-corrected chi connectivity index (χ3v) is 3.55. The molecule has 1 fully saturated rings. The van der Waals surface area contributed by atoms with E-state index in [9.17, 15) is 15.0 Å². The molecule has 0 saturated carbocycles. The Labute approximate surface area is 112 Å². The van der Waals surface area contributed by atoms with Crippen LogP contribution in [0.5, 0.6) is 11.5 Å². The molecule has 1 unspecified atom stereocenters. The Morgan fingerprint density at radius 1 is 1.37 bits per heavy atom. The van der Waals surface area contributed by atoms with Gasteiger partial charge in [-0.15, -0.1) is 0 Å². The van der Waals surface area contributed by atoms with E-state index in [0.29, 0.717) is 13.0 Å². The van der Waals surface area contributed by atoms with Crippen molar-refractivity contribution < 1.29 is 20.1 Å². The fourth-order valence-electron chi connectivity index (χ4n) is 2.59. The predicted octanol–water partition coefficient (Wildman–Crippen LogP) is 1.47. The van der Waals surface area contributed by atoms with E-state index < -0.39 is 0 Å². The lowest BCUT2D eigenvalue weighted by Gasteiger charge is -2.25. The van der Waals surface area contributed by atoms with Crippen LogP contribution >= 0.6 is 0 Å². The van der Waals surface area contributed by atoms with Crippen LogP contribution in [0.4, 0.5) is 0 Å². The van der Waals surface area contributed by atoms with Crippen LogP contribution in [-0.4, -0.2) is 45.3 Å². The maximum Gasteiger partial charge on any atom is 0.257 e. The number of aliphatic hydroxyl groups is 1. The highest BCUT2D eigenvalue weighted by atomic mass is 16.3. The molecule has 0 bridgehead atoms. The van der Waals surface area contributed by atoms with E-state index >= 15 is 0 Å². The van der Waals surface area contributed by atoms with Gasteiger partial charge in [-0.25, -0.2) is 0 Å². The van der Waals surface area contributed by atoms with E-state index in [1.54, 1.807) is 4.90 Å². The molecule has 19 heavy (non-hydrogen) atoms. The van der Waals surface area contributed by atoms with Crippen molar-refractivity contribution in [3.8, 4) is 11.5 Å². The number of rotatable bonds is 4. The molecule has 1 atom stereocenters. The Morgan fingerprint density at radius 3 is 2.84 bits per heavy atom. The van der Waals surface area contributed by atoms with Gasteiger partial charge < -0.3 is 20.2 Å². The summed E-state index contributed by atoms with van der Waals surface area (Å²) < 4.78 is 0. The first-order valence-electron chi connectivity index (χ1n) is 6.57. The number of nitrogens with zero attached hydrogens (tertiary/aromatic N) is 1. The first kappa shape index (κ1) is 13.7. The van der Waals surface area contributed by atoms with Gasteiger partial charge in [-0.2, -0.15) is 0 Å². The molecule has 1 aromatic rings. The normalized spacial score (nSPS) is 18.8. The molecule has 1 aliphatic rings. The lowest BCUT2D eigenvalue weighted by Crippen LogP contribution is -2.35. The lowest BCUT2D eigenvalue weighted by molar-refractivity contribution is 0.0721. The number of aliphatic hydroxyl groups excluding tert-OH is 1. The van der Waals surface area contributed by atoms with Crippen molar-refractivity contribution in [3.63, 3.8) is 0 Å². The van der Waals surface area contributed by atoms with Crippen LogP contribution in [0, 0.1) is 0 Å². The van der Waals surface area contributed by atoms with Crippen molar-refractivity contribution in [2.24, 2.45) is 0 Å². The van der Waals surface area contributed by atoms with Gasteiger partial charge in [0.15, 0.2) is 0 Å². The molecule has 5 nitrogen and oxygen atoms in total. The molecule has 1 amide bonds. The van der Waals surface area contributed by atoms with Crippen LogP contribution in [-0.2, 0) is 0 Å². The van der Waals surface area contributed by atoms with Gasteiger partial charge in [-0.3, -0.25) is 4.79 Å². The Hall–Kier alpha value is -1.75. The molecule has 0 spiro atoms. The maximum atomic E-state index is 12.4. The predicted molar refractivity (Wildman–Crippen MR) is 70.1 cm³/mol. The third-order valence-electron chi connectivity index (χ3n) is 3.55. The van der Waals surface area contributed by atoms with Gasteiger partial charge in [0.25, 0.3) is 5.91 Å². The summed E-state index contributed by atoms with van der Waals surface area (Å²) in [4.78, 5) is 14.1. The number of carbonyl (C=O) groups is 1. The Morgan fingerprint density at radius 2 is 2.16 bits per heavy atom. The molecular weight excluding hydrogens is 246 g/mol. The van der Waals surface area contributed by atoms with E-state index in [1.807, 2.05) is 0 Å². The molecule has 0 aromatic heterocycles. The first-order chi connectivity index (χ1) is 9.13. The van der Waals surface area contributed by atoms with Gasteiger partial charge in [0.1, 0.15) is 11.5 Å². The van der Waals surface area contributed by atoms with Crippen molar-refractivity contribution in [2.45, 2.75) is 31.7 Å². The average Bonchev–Trinajstić information content (AvgIpc) is 2.83. The SMILES string of the molecule is O=C(c1ccc(O)cc1O)N1CCCC1CCCO. The molecule has 2 rings (SSSR count). The van der Waals surface area contributed by atoms with Crippen LogP contribution in [0.25, 0.3) is 0 Å². The number of phenols is 2. The summed E-state index contributed by atoms with van der Waals surface area (Å²) in [5.41, 5.74) is 0.216. The molecule has 0 radical (unpaired) electrons. The van der Waals surface area contributed by atoms with E-state index in [-0.39, 0.29) is 35.6 Å². The van der Waals surface area contributed by atoms with Gasteiger partial charge in [0.2, 0.25) is 0 Å². The molecule has 5 heteroatoms. The summed E-state index contributed by atoms with van der Waals surface area (Å²) in [5, 5.41) is 27.8. The minimum Gasteiger partial charge on any atom is -0.508 e. The van der Waals surface area contributed by atoms with Gasteiger partial charge in [-0.05, 0) is 37.8 Å². The van der Waals surface area contributed by atoms with Crippen LogP contribution in [0.3, 0.4) is 0 Å². The number of phenolic OH excluding ortho intramolecular Hbond substituents is 2. The summed E-state index contributed by atoms with van der Waals surface area (Å²) in [7, 11) is 0. The number of hydrogen-bond acceptors (Lipinski definition) is 4. The molecule has 1 aromatic carbocycles. The number of carbonyl (C=O) groups excluding carboxylic acids is 1. The molecular formula is C14H19NO4. The number of benzene rings is 1. The number of likely N-dealkylation sites (tertiary alicyclic amines) is 1. The Kier molecular flexibility index (Phi) is 4.27. The van der Waals surface area contributed by atoms with Gasteiger partial charge in [-0.1, -0.05) is 0 Å². The number of aromatic hydroxyl groups is 2. The van der Waals surface area contributed by atoms with Crippen LogP contribution in [0.2, 0.25) is 0 Å². The highest BCUT2D eigenvalue weighted by Gasteiger charge is 2.30. The van der Waals surface area contributed by atoms with Crippen LogP contribution in [0.15, 0.2) is 18.2 Å². The van der Waals surface area contributed by atoms with Crippen molar-refractivity contribution in [3.05, 3.63) is 23.8 Å². The molecule has 3 N–H and O–H groups in total. The largest absolute Gasteiger partial charge is 0.508 e. The zero-order valence-electron chi connectivity index (χ0n) is 10.7. The van der Waals surface area contributed by atoms with E-state index in [4.69, 9.17) is 5.11 Å². The van der Waals surface area contributed by atoms with Crippen LogP contribution in [0.1, 0.15) is 36.0 Å². The molecule has 104 valence electrons. The van der Waals surface area contributed by atoms with E-state index in [0.717, 1.165) is 19.3 Å². The van der Waals surface area contributed by atoms with Gasteiger partial charge >= 0.3 is 0 Å². The zero-order valence-corrected chi connectivity index (χ0v) is 10.7. The van der Waals surface area contributed by atoms with Crippen molar-refractivity contribution in [1.82, 2.24) is 4.90 Å². The fraction of sp³-hybridized carbons (Fsp3) is 0.500. The van der Waals surface area contributed by atoms with Crippen LogP contribution < -0.4 is 0 Å². The zero-order chi connectivity index (χ0) is 13.8. The lowest BCUT2D eigenvalue weighted by atomic mass is 10.1. The van der Waals surface area contributed by atoms with E-state index in [2.05, 4.69) is 0 Å². The van der Waals surface area contributed by atoms with Crippen molar-refractivity contribution >= 4 is 5.91 Å².